The van der Waals surface area contributed by atoms with Gasteiger partial charge in [-0.15, -0.1) is 0 Å². The number of anilines is 1. The van der Waals surface area contributed by atoms with Crippen molar-refractivity contribution in [3.05, 3.63) is 63.9 Å². The molecule has 28 heavy (non-hydrogen) atoms. The highest BCUT2D eigenvalue weighted by Crippen LogP contribution is 2.38. The van der Waals surface area contributed by atoms with Crippen LogP contribution in [0.1, 0.15) is 18.4 Å². The third kappa shape index (κ3) is 4.86. The van der Waals surface area contributed by atoms with E-state index >= 15 is 0 Å². The molecule has 0 aliphatic carbocycles. The van der Waals surface area contributed by atoms with Gasteiger partial charge >= 0.3 is 0 Å². The van der Waals surface area contributed by atoms with Crippen molar-refractivity contribution in [3.63, 3.8) is 0 Å². The lowest BCUT2D eigenvalue weighted by molar-refractivity contribution is -0.131. The maximum Gasteiger partial charge on any atom is 0.235 e. The zero-order chi connectivity index (χ0) is 20.8. The highest BCUT2D eigenvalue weighted by Gasteiger charge is 2.40. The minimum atomic E-state index is -1.37. The van der Waals surface area contributed by atoms with E-state index in [1.807, 2.05) is 12.1 Å². The van der Waals surface area contributed by atoms with Crippen LogP contribution in [-0.4, -0.2) is 11.7 Å². The van der Waals surface area contributed by atoms with E-state index in [0.29, 0.717) is 5.02 Å². The molecular formula is C20H14Cl2FN3O2. The molecule has 1 amide bonds. The maximum absolute atomic E-state index is 13.1. The fourth-order valence-corrected chi connectivity index (χ4v) is 3.40. The van der Waals surface area contributed by atoms with Crippen molar-refractivity contribution in [1.29, 1.82) is 10.5 Å². The van der Waals surface area contributed by atoms with Gasteiger partial charge in [-0.1, -0.05) is 29.3 Å². The van der Waals surface area contributed by atoms with E-state index in [0.717, 1.165) is 12.1 Å². The van der Waals surface area contributed by atoms with Gasteiger partial charge in [0.15, 0.2) is 0 Å². The van der Waals surface area contributed by atoms with Gasteiger partial charge in [0.05, 0.1) is 12.1 Å². The van der Waals surface area contributed by atoms with Crippen LogP contribution < -0.4 is 5.32 Å². The summed E-state index contributed by atoms with van der Waals surface area (Å²) in [7, 11) is 0. The van der Waals surface area contributed by atoms with Gasteiger partial charge in [-0.25, -0.2) is 4.39 Å². The number of nitrogens with zero attached hydrogens (tertiary/aromatic N) is 2. The van der Waals surface area contributed by atoms with Crippen LogP contribution in [-0.2, 0) is 9.59 Å². The molecule has 5 nitrogen and oxygen atoms in total. The fourth-order valence-electron chi connectivity index (χ4n) is 2.87. The van der Waals surface area contributed by atoms with Crippen molar-refractivity contribution in [2.24, 2.45) is 11.8 Å². The van der Waals surface area contributed by atoms with E-state index in [1.165, 1.54) is 37.3 Å². The molecule has 0 bridgehead atoms. The standard InChI is InChI=1S/C20H14Cl2FN3O2/c1-11(27)18(20(28)26-15-5-3-14(23)4-6-15)19(12(9-24)10-25)16-7-2-13(21)8-17(16)22/h2-8,12,18-19H,1H3,(H,26,28)/t18-,19-/m1/s1. The van der Waals surface area contributed by atoms with E-state index < -0.39 is 35.3 Å². The Bertz CT molecular complexity index is 966. The number of carbonyl (C=O) groups excluding carboxylic acids is 2. The molecule has 0 aliphatic rings. The van der Waals surface area contributed by atoms with Crippen LogP contribution in [0.15, 0.2) is 42.5 Å². The average Bonchev–Trinajstić information content (AvgIpc) is 2.63. The van der Waals surface area contributed by atoms with E-state index in [9.17, 15) is 24.5 Å². The molecule has 0 saturated carbocycles. The Hall–Kier alpha value is -2.93. The fraction of sp³-hybridized carbons (Fsp3) is 0.200. The Morgan fingerprint density at radius 3 is 2.18 bits per heavy atom. The second kappa shape index (κ2) is 9.32. The summed E-state index contributed by atoms with van der Waals surface area (Å²) in [6, 6.07) is 13.0. The van der Waals surface area contributed by atoms with Crippen molar-refractivity contribution >= 4 is 40.6 Å². The van der Waals surface area contributed by atoms with Crippen LogP contribution >= 0.6 is 23.2 Å². The number of rotatable bonds is 6. The van der Waals surface area contributed by atoms with Gasteiger partial charge in [-0.05, 0) is 48.9 Å². The summed E-state index contributed by atoms with van der Waals surface area (Å²) in [5.74, 6) is -5.56. The van der Waals surface area contributed by atoms with Crippen LogP contribution in [0, 0.1) is 40.3 Å². The zero-order valence-corrected chi connectivity index (χ0v) is 16.1. The number of nitriles is 2. The molecule has 0 aliphatic heterocycles. The minimum Gasteiger partial charge on any atom is -0.325 e. The van der Waals surface area contributed by atoms with E-state index in [2.05, 4.69) is 5.32 Å². The number of Topliss-reactive ketones (excluding diaryl/α,β-unsaturated/α-hetero) is 1. The Labute approximate surface area is 171 Å². The normalized spacial score (nSPS) is 12.5. The largest absolute Gasteiger partial charge is 0.325 e. The SMILES string of the molecule is CC(=O)[C@@H](C(=O)Nc1ccc(F)cc1)[C@@H](c1ccc(Cl)cc1Cl)C(C#N)C#N. The predicted octanol–water partition coefficient (Wildman–Crippen LogP) is 4.72. The van der Waals surface area contributed by atoms with E-state index in [1.54, 1.807) is 0 Å². The molecule has 0 heterocycles. The molecule has 0 saturated heterocycles. The molecule has 0 unspecified atom stereocenters. The Morgan fingerprint density at radius 1 is 1.07 bits per heavy atom. The van der Waals surface area contributed by atoms with Crippen molar-refractivity contribution < 1.29 is 14.0 Å². The molecule has 2 aromatic rings. The van der Waals surface area contributed by atoms with Crippen molar-refractivity contribution in [3.8, 4) is 12.1 Å². The molecular weight excluding hydrogens is 404 g/mol. The first-order chi connectivity index (χ1) is 13.3. The third-order valence-electron chi connectivity index (χ3n) is 4.15. The lowest BCUT2D eigenvalue weighted by atomic mass is 9.75. The summed E-state index contributed by atoms with van der Waals surface area (Å²) in [6.07, 6.45) is 0. The van der Waals surface area contributed by atoms with Crippen LogP contribution in [0.25, 0.3) is 0 Å². The lowest BCUT2D eigenvalue weighted by Crippen LogP contribution is -2.36. The zero-order valence-electron chi connectivity index (χ0n) is 14.6. The minimum absolute atomic E-state index is 0.133. The number of halogens is 3. The topological polar surface area (TPSA) is 93.8 Å². The summed E-state index contributed by atoms with van der Waals surface area (Å²) < 4.78 is 13.1. The number of amides is 1. The monoisotopic (exact) mass is 417 g/mol. The number of benzene rings is 2. The van der Waals surface area contributed by atoms with Gasteiger partial charge in [0.2, 0.25) is 5.91 Å². The van der Waals surface area contributed by atoms with E-state index in [-0.39, 0.29) is 16.3 Å². The van der Waals surface area contributed by atoms with Gasteiger partial charge in [0, 0.05) is 21.7 Å². The molecule has 2 aromatic carbocycles. The van der Waals surface area contributed by atoms with Crippen LogP contribution in [0.3, 0.4) is 0 Å². The molecule has 8 heteroatoms. The van der Waals surface area contributed by atoms with Crippen molar-refractivity contribution in [2.75, 3.05) is 5.32 Å². The van der Waals surface area contributed by atoms with Gasteiger partial charge in [-0.3, -0.25) is 9.59 Å². The smallest absolute Gasteiger partial charge is 0.235 e. The summed E-state index contributed by atoms with van der Waals surface area (Å²) in [4.78, 5) is 25.2. The molecule has 2 atom stereocenters. The van der Waals surface area contributed by atoms with Gasteiger partial charge in [0.1, 0.15) is 23.4 Å². The summed E-state index contributed by atoms with van der Waals surface area (Å²) in [6.45, 7) is 1.19. The van der Waals surface area contributed by atoms with Gasteiger partial charge in [-0.2, -0.15) is 10.5 Å². The van der Waals surface area contributed by atoms with Gasteiger partial charge in [0.25, 0.3) is 0 Å². The molecule has 0 fully saturated rings. The first kappa shape index (κ1) is 21.4. The Balaban J connectivity index is 2.51. The molecule has 0 aromatic heterocycles. The number of hydrogen-bond acceptors (Lipinski definition) is 4. The van der Waals surface area contributed by atoms with Crippen molar-refractivity contribution in [1.82, 2.24) is 0 Å². The highest BCUT2D eigenvalue weighted by molar-refractivity contribution is 6.35. The number of hydrogen-bond donors (Lipinski definition) is 1. The highest BCUT2D eigenvalue weighted by atomic mass is 35.5. The van der Waals surface area contributed by atoms with Crippen LogP contribution in [0.2, 0.25) is 10.0 Å². The second-order valence-corrected chi connectivity index (χ2v) is 6.86. The molecule has 142 valence electrons. The predicted molar refractivity (Wildman–Crippen MR) is 103 cm³/mol. The van der Waals surface area contributed by atoms with Crippen molar-refractivity contribution in [2.45, 2.75) is 12.8 Å². The quantitative estimate of drug-likeness (QED) is 0.687. The average molecular weight is 418 g/mol. The number of ketones is 1. The number of nitrogens with one attached hydrogen (secondary N) is 1. The van der Waals surface area contributed by atoms with E-state index in [4.69, 9.17) is 23.2 Å². The summed E-state index contributed by atoms with van der Waals surface area (Å²) >= 11 is 12.1. The first-order valence-electron chi connectivity index (χ1n) is 8.09. The molecule has 1 N–H and O–H groups in total. The van der Waals surface area contributed by atoms with Crippen LogP contribution in [0.5, 0.6) is 0 Å². The second-order valence-electron chi connectivity index (χ2n) is 6.01. The van der Waals surface area contributed by atoms with Crippen LogP contribution in [0.4, 0.5) is 10.1 Å². The third-order valence-corrected chi connectivity index (χ3v) is 4.71. The maximum atomic E-state index is 13.1. The number of carbonyl (C=O) groups is 2. The summed E-state index contributed by atoms with van der Waals surface area (Å²) in [5.41, 5.74) is 0.553. The van der Waals surface area contributed by atoms with Gasteiger partial charge < -0.3 is 5.32 Å². The Morgan fingerprint density at radius 2 is 1.68 bits per heavy atom. The molecule has 2 rings (SSSR count). The first-order valence-corrected chi connectivity index (χ1v) is 8.85. The Kier molecular flexibility index (Phi) is 7.12. The molecule has 0 radical (unpaired) electrons. The molecule has 0 spiro atoms. The lowest BCUT2D eigenvalue weighted by Gasteiger charge is -2.26. The summed E-state index contributed by atoms with van der Waals surface area (Å²) in [5, 5.41) is 21.8.